The summed E-state index contributed by atoms with van der Waals surface area (Å²) >= 11 is 0. The lowest BCUT2D eigenvalue weighted by Gasteiger charge is -2.29. The molecule has 0 saturated heterocycles. The minimum atomic E-state index is -5.01. The molecule has 2 N–H and O–H groups in total. The van der Waals surface area contributed by atoms with E-state index in [9.17, 15) is 35.9 Å². The molecule has 44 heavy (non-hydrogen) atoms. The lowest BCUT2D eigenvalue weighted by molar-refractivity contribution is -0.139. The first-order chi connectivity index (χ1) is 20.5. The van der Waals surface area contributed by atoms with Crippen LogP contribution in [-0.2, 0) is 17.8 Å². The number of carbonyl (C=O) groups excluding carboxylic acids is 2. The van der Waals surface area contributed by atoms with Crippen LogP contribution in [0.1, 0.15) is 104 Å². The summed E-state index contributed by atoms with van der Waals surface area (Å²) in [7, 11) is 0. The van der Waals surface area contributed by atoms with E-state index in [4.69, 9.17) is 0 Å². The Bertz CT molecular complexity index is 1460. The van der Waals surface area contributed by atoms with Crippen molar-refractivity contribution in [2.24, 2.45) is 0 Å². The summed E-state index contributed by atoms with van der Waals surface area (Å²) in [6.45, 7) is 9.45. The Morgan fingerprint density at radius 3 is 1.73 bits per heavy atom. The largest absolute Gasteiger partial charge is 0.417 e. The molecule has 0 heterocycles. The van der Waals surface area contributed by atoms with Gasteiger partial charge in [0.15, 0.2) is 0 Å². The molecular formula is C34H38F6N2O2. The van der Waals surface area contributed by atoms with Crippen molar-refractivity contribution in [1.82, 2.24) is 5.32 Å². The highest BCUT2D eigenvalue weighted by Gasteiger charge is 2.39. The van der Waals surface area contributed by atoms with Crippen LogP contribution in [0.3, 0.4) is 0 Å². The third kappa shape index (κ3) is 8.21. The molecule has 0 spiro atoms. The number of hydrogen-bond donors (Lipinski definition) is 2. The summed E-state index contributed by atoms with van der Waals surface area (Å²) in [5.74, 6) is -1.06. The van der Waals surface area contributed by atoms with Gasteiger partial charge in [-0.3, -0.25) is 9.59 Å². The zero-order valence-corrected chi connectivity index (χ0v) is 25.5. The SMILES string of the molecule is CCCCC(C)NC(=O)c1ccc(C(=O)Nc2ccc(-c3ccc(C(C)(CC)CC)cc3C(F)(F)F)c(C(F)(F)F)c2)cc1. The van der Waals surface area contributed by atoms with Crippen molar-refractivity contribution in [2.75, 3.05) is 5.32 Å². The molecule has 0 aromatic heterocycles. The van der Waals surface area contributed by atoms with Crippen LogP contribution in [0.25, 0.3) is 11.1 Å². The zero-order chi connectivity index (χ0) is 32.9. The minimum absolute atomic E-state index is 0.0331. The van der Waals surface area contributed by atoms with Crippen LogP contribution in [0.4, 0.5) is 32.0 Å². The second-order valence-corrected chi connectivity index (χ2v) is 11.3. The molecule has 1 atom stereocenters. The van der Waals surface area contributed by atoms with E-state index in [0.717, 1.165) is 43.5 Å². The highest BCUT2D eigenvalue weighted by atomic mass is 19.4. The number of alkyl halides is 6. The smallest absolute Gasteiger partial charge is 0.350 e. The van der Waals surface area contributed by atoms with Gasteiger partial charge in [-0.2, -0.15) is 26.3 Å². The van der Waals surface area contributed by atoms with Gasteiger partial charge < -0.3 is 10.6 Å². The second-order valence-electron chi connectivity index (χ2n) is 11.3. The number of unbranched alkanes of at least 4 members (excludes halogenated alkanes) is 1. The summed E-state index contributed by atoms with van der Waals surface area (Å²) < 4.78 is 85.3. The molecule has 238 valence electrons. The second kappa shape index (κ2) is 13.9. The minimum Gasteiger partial charge on any atom is -0.350 e. The van der Waals surface area contributed by atoms with Crippen LogP contribution in [-0.4, -0.2) is 17.9 Å². The van der Waals surface area contributed by atoms with Gasteiger partial charge in [-0.05, 0) is 90.8 Å². The van der Waals surface area contributed by atoms with E-state index in [1.807, 2.05) is 34.6 Å². The van der Waals surface area contributed by atoms with Crippen molar-refractivity contribution < 1.29 is 35.9 Å². The summed E-state index contributed by atoms with van der Waals surface area (Å²) in [6, 6.07) is 11.8. The Morgan fingerprint density at radius 2 is 1.23 bits per heavy atom. The van der Waals surface area contributed by atoms with Crippen LogP contribution in [0.15, 0.2) is 60.7 Å². The fourth-order valence-electron chi connectivity index (χ4n) is 5.00. The van der Waals surface area contributed by atoms with Crippen molar-refractivity contribution >= 4 is 17.5 Å². The first-order valence-corrected chi connectivity index (χ1v) is 14.7. The average molecular weight is 621 g/mol. The highest BCUT2D eigenvalue weighted by molar-refractivity contribution is 6.05. The van der Waals surface area contributed by atoms with E-state index in [1.54, 1.807) is 0 Å². The first kappa shape index (κ1) is 34.7. The molecule has 2 amide bonds. The number of carbonyl (C=O) groups is 2. The van der Waals surface area contributed by atoms with Gasteiger partial charge in [-0.1, -0.05) is 58.7 Å². The Balaban J connectivity index is 1.92. The lowest BCUT2D eigenvalue weighted by Crippen LogP contribution is -2.32. The van der Waals surface area contributed by atoms with E-state index in [1.165, 1.54) is 30.3 Å². The van der Waals surface area contributed by atoms with Crippen LogP contribution >= 0.6 is 0 Å². The fourth-order valence-corrected chi connectivity index (χ4v) is 5.00. The summed E-state index contributed by atoms with van der Waals surface area (Å²) in [4.78, 5) is 25.3. The Morgan fingerprint density at radius 1 is 0.727 bits per heavy atom. The Labute approximate surface area is 254 Å². The standard InChI is InChI=1S/C34H38F6N2O2/c1-6-9-10-21(4)41-30(43)22-11-13-23(14-12-22)31(44)42-25-16-18-27(29(20-25)34(38,39)40)26-17-15-24(32(5,7-2)8-3)19-28(26)33(35,36)37/h11-21H,6-10H2,1-5H3,(H,41,43)(H,42,44). The number of anilines is 1. The lowest BCUT2D eigenvalue weighted by atomic mass is 9.76. The monoisotopic (exact) mass is 620 g/mol. The maximum absolute atomic E-state index is 14.2. The van der Waals surface area contributed by atoms with Crippen LogP contribution in [0.2, 0.25) is 0 Å². The zero-order valence-electron chi connectivity index (χ0n) is 25.5. The molecule has 1 unspecified atom stereocenters. The number of halogens is 6. The summed E-state index contributed by atoms with van der Waals surface area (Å²) in [5, 5.41) is 5.25. The molecule has 3 aromatic carbocycles. The molecule has 0 radical (unpaired) electrons. The molecule has 0 fully saturated rings. The van der Waals surface area contributed by atoms with E-state index in [0.29, 0.717) is 30.0 Å². The molecule has 0 aliphatic rings. The molecule has 0 aliphatic heterocycles. The molecule has 10 heteroatoms. The van der Waals surface area contributed by atoms with Gasteiger partial charge in [0.2, 0.25) is 0 Å². The van der Waals surface area contributed by atoms with Gasteiger partial charge in [0, 0.05) is 22.9 Å². The summed E-state index contributed by atoms with van der Waals surface area (Å²) in [6.07, 6.45) is -6.03. The maximum atomic E-state index is 14.2. The van der Waals surface area contributed by atoms with Crippen molar-refractivity contribution in [3.63, 3.8) is 0 Å². The topological polar surface area (TPSA) is 58.2 Å². The first-order valence-electron chi connectivity index (χ1n) is 14.7. The van der Waals surface area contributed by atoms with E-state index < -0.39 is 45.9 Å². The number of amides is 2. The van der Waals surface area contributed by atoms with Gasteiger partial charge in [0.25, 0.3) is 11.8 Å². The fraction of sp³-hybridized carbons (Fsp3) is 0.412. The van der Waals surface area contributed by atoms with Crippen molar-refractivity contribution in [2.45, 2.75) is 90.5 Å². The third-order valence-corrected chi connectivity index (χ3v) is 8.23. The predicted molar refractivity (Wildman–Crippen MR) is 161 cm³/mol. The van der Waals surface area contributed by atoms with E-state index in [2.05, 4.69) is 10.6 Å². The van der Waals surface area contributed by atoms with Crippen LogP contribution < -0.4 is 10.6 Å². The Hall–Kier alpha value is -3.82. The van der Waals surface area contributed by atoms with Crippen molar-refractivity contribution in [3.8, 4) is 11.1 Å². The van der Waals surface area contributed by atoms with Gasteiger partial charge in [-0.15, -0.1) is 0 Å². The number of benzene rings is 3. The molecular weight excluding hydrogens is 582 g/mol. The quantitative estimate of drug-likeness (QED) is 0.210. The molecule has 0 bridgehead atoms. The molecule has 0 saturated carbocycles. The van der Waals surface area contributed by atoms with Crippen molar-refractivity contribution in [3.05, 3.63) is 88.5 Å². The molecule has 0 aliphatic carbocycles. The van der Waals surface area contributed by atoms with Gasteiger partial charge in [-0.25, -0.2) is 0 Å². The van der Waals surface area contributed by atoms with Crippen LogP contribution in [0.5, 0.6) is 0 Å². The van der Waals surface area contributed by atoms with Crippen LogP contribution in [0, 0.1) is 0 Å². The number of hydrogen-bond acceptors (Lipinski definition) is 2. The predicted octanol–water partition coefficient (Wildman–Crippen LogP) is 10.0. The molecule has 4 nitrogen and oxygen atoms in total. The number of nitrogens with one attached hydrogen (secondary N) is 2. The Kier molecular flexibility index (Phi) is 10.9. The van der Waals surface area contributed by atoms with E-state index >= 15 is 0 Å². The van der Waals surface area contributed by atoms with E-state index in [-0.39, 0.29) is 23.2 Å². The van der Waals surface area contributed by atoms with Crippen molar-refractivity contribution in [1.29, 1.82) is 0 Å². The normalized spacial score (nSPS) is 13.0. The molecule has 3 rings (SSSR count). The number of rotatable bonds is 11. The average Bonchev–Trinajstić information content (AvgIpc) is 2.98. The maximum Gasteiger partial charge on any atom is 0.417 e. The van der Waals surface area contributed by atoms with Gasteiger partial charge >= 0.3 is 12.4 Å². The van der Waals surface area contributed by atoms with Gasteiger partial charge in [0.1, 0.15) is 0 Å². The molecule has 3 aromatic rings. The summed E-state index contributed by atoms with van der Waals surface area (Å²) in [5.41, 5.74) is -3.74. The third-order valence-electron chi connectivity index (χ3n) is 8.23. The van der Waals surface area contributed by atoms with Gasteiger partial charge in [0.05, 0.1) is 11.1 Å². The highest BCUT2D eigenvalue weighted by Crippen LogP contribution is 2.45.